The number of nitrogens with zero attached hydrogens (tertiary/aromatic N) is 6. The summed E-state index contributed by atoms with van der Waals surface area (Å²) in [5, 5.41) is 16.6. The van der Waals surface area contributed by atoms with Crippen LogP contribution >= 0.6 is 0 Å². The Hall–Kier alpha value is -3.66. The fraction of sp³-hybridized carbons (Fsp3) is 0.391. The minimum atomic E-state index is -0.970. The molecule has 0 bridgehead atoms. The summed E-state index contributed by atoms with van der Waals surface area (Å²) in [7, 11) is 0. The monoisotopic (exact) mass is 448 g/mol. The number of carboxylic acid groups (broad SMARTS) is 1. The molecule has 0 radical (unpaired) electrons. The molecule has 2 fully saturated rings. The zero-order valence-corrected chi connectivity index (χ0v) is 18.4. The number of benzene rings is 1. The van der Waals surface area contributed by atoms with E-state index < -0.39 is 5.97 Å². The molecule has 1 aromatic carbocycles. The van der Waals surface area contributed by atoms with Crippen molar-refractivity contribution in [2.75, 3.05) is 42.1 Å². The molecule has 0 spiro atoms. The third-order valence-electron chi connectivity index (χ3n) is 6.33. The Bertz CT molecular complexity index is 1120. The first-order valence-corrected chi connectivity index (χ1v) is 11.4. The van der Waals surface area contributed by atoms with Crippen molar-refractivity contribution in [3.63, 3.8) is 0 Å². The molecule has 1 unspecified atom stereocenters. The highest BCUT2D eigenvalue weighted by Gasteiger charge is 2.28. The van der Waals surface area contributed by atoms with Gasteiger partial charge in [-0.05, 0) is 69.1 Å². The molecule has 172 valence electrons. The van der Waals surface area contributed by atoms with Crippen LogP contribution < -0.4 is 16.0 Å². The summed E-state index contributed by atoms with van der Waals surface area (Å²) in [6.07, 6.45) is 6.74. The smallest absolute Gasteiger partial charge is 0.335 e. The average molecular weight is 449 g/mol. The van der Waals surface area contributed by atoms with E-state index in [9.17, 15) is 4.79 Å². The van der Waals surface area contributed by atoms with Gasteiger partial charge in [-0.3, -0.25) is 0 Å². The van der Waals surface area contributed by atoms with E-state index in [1.165, 1.54) is 50.9 Å². The molecule has 0 saturated carbocycles. The lowest BCUT2D eigenvalue weighted by atomic mass is 10.2. The van der Waals surface area contributed by atoms with Gasteiger partial charge in [-0.25, -0.2) is 9.78 Å². The predicted molar refractivity (Wildman–Crippen MR) is 126 cm³/mol. The van der Waals surface area contributed by atoms with Crippen LogP contribution in [0.3, 0.4) is 0 Å². The number of pyridine rings is 1. The van der Waals surface area contributed by atoms with Gasteiger partial charge in [0.15, 0.2) is 0 Å². The van der Waals surface area contributed by atoms with Gasteiger partial charge in [-0.15, -0.1) is 5.10 Å². The number of hydrogen-bond donors (Lipinski definition) is 3. The van der Waals surface area contributed by atoms with E-state index >= 15 is 0 Å². The summed E-state index contributed by atoms with van der Waals surface area (Å²) in [5.74, 6) is 0.555. The molecule has 2 aliphatic heterocycles. The van der Waals surface area contributed by atoms with Gasteiger partial charge >= 0.3 is 5.97 Å². The van der Waals surface area contributed by atoms with E-state index in [0.29, 0.717) is 17.7 Å². The summed E-state index contributed by atoms with van der Waals surface area (Å²) in [4.78, 5) is 24.9. The lowest BCUT2D eigenvalue weighted by molar-refractivity contribution is 0.0697. The molecule has 0 aliphatic carbocycles. The number of carbonyl (C=O) groups is 1. The molecule has 0 amide bonds. The summed E-state index contributed by atoms with van der Waals surface area (Å²) in [6, 6.07) is 10.7. The number of anilines is 4. The average Bonchev–Trinajstić information content (AvgIpc) is 3.57. The van der Waals surface area contributed by atoms with Gasteiger partial charge in [0.1, 0.15) is 5.82 Å². The molecule has 2 saturated heterocycles. The van der Waals surface area contributed by atoms with E-state index in [1.807, 2.05) is 12.1 Å². The number of likely N-dealkylation sites (tertiary alicyclic amines) is 1. The van der Waals surface area contributed by atoms with Crippen LogP contribution in [0.4, 0.5) is 23.4 Å². The molecule has 2 aliphatic rings. The van der Waals surface area contributed by atoms with Gasteiger partial charge in [0.2, 0.25) is 11.9 Å². The number of nitrogens with two attached hydrogens (primary N) is 1. The Balaban J connectivity index is 1.33. The molecule has 2 aromatic heterocycles. The van der Waals surface area contributed by atoms with Crippen molar-refractivity contribution in [2.24, 2.45) is 0 Å². The Morgan fingerprint density at radius 2 is 1.91 bits per heavy atom. The summed E-state index contributed by atoms with van der Waals surface area (Å²) in [6.45, 7) is 4.48. The lowest BCUT2D eigenvalue weighted by Gasteiger charge is -2.29. The van der Waals surface area contributed by atoms with Gasteiger partial charge in [0.05, 0.1) is 11.3 Å². The number of aromatic carboxylic acids is 1. The minimum Gasteiger partial charge on any atom is -0.478 e. The van der Waals surface area contributed by atoms with Crippen LogP contribution in [0, 0.1) is 0 Å². The first-order valence-electron chi connectivity index (χ1n) is 11.4. The fourth-order valence-corrected chi connectivity index (χ4v) is 4.68. The third-order valence-corrected chi connectivity index (χ3v) is 6.33. The Morgan fingerprint density at radius 3 is 2.67 bits per heavy atom. The topological polar surface area (TPSA) is 125 Å². The highest BCUT2D eigenvalue weighted by Crippen LogP contribution is 2.27. The van der Waals surface area contributed by atoms with Crippen LogP contribution in [-0.2, 0) is 0 Å². The van der Waals surface area contributed by atoms with Crippen molar-refractivity contribution >= 4 is 29.4 Å². The molecular weight excluding hydrogens is 420 g/mol. The lowest BCUT2D eigenvalue weighted by Crippen LogP contribution is -2.39. The number of aromatic nitrogens is 4. The van der Waals surface area contributed by atoms with E-state index in [2.05, 4.69) is 30.2 Å². The number of nitrogens with one attached hydrogen (secondary N) is 1. The van der Waals surface area contributed by atoms with Gasteiger partial charge in [-0.1, -0.05) is 0 Å². The molecule has 4 N–H and O–H groups in total. The second kappa shape index (κ2) is 9.07. The molecule has 33 heavy (non-hydrogen) atoms. The highest BCUT2D eigenvalue weighted by atomic mass is 16.4. The number of carboxylic acids is 1. The third kappa shape index (κ3) is 4.61. The summed E-state index contributed by atoms with van der Waals surface area (Å²) >= 11 is 0. The summed E-state index contributed by atoms with van der Waals surface area (Å²) in [5.41, 5.74) is 7.85. The second-order valence-corrected chi connectivity index (χ2v) is 8.58. The Kier molecular flexibility index (Phi) is 5.82. The van der Waals surface area contributed by atoms with Gasteiger partial charge in [0.25, 0.3) is 0 Å². The number of nitrogen functional groups attached to an aromatic ring is 1. The molecular formula is C23H28N8O2. The summed E-state index contributed by atoms with van der Waals surface area (Å²) < 4.78 is 1.59. The highest BCUT2D eigenvalue weighted by molar-refractivity contribution is 5.88. The van der Waals surface area contributed by atoms with Crippen LogP contribution in [0.5, 0.6) is 0 Å². The molecule has 4 heterocycles. The molecule has 1 atom stereocenters. The van der Waals surface area contributed by atoms with E-state index in [1.54, 1.807) is 23.0 Å². The van der Waals surface area contributed by atoms with Crippen molar-refractivity contribution in [3.05, 3.63) is 48.2 Å². The van der Waals surface area contributed by atoms with Crippen LogP contribution in [0.2, 0.25) is 0 Å². The van der Waals surface area contributed by atoms with Crippen LogP contribution in [-0.4, -0.2) is 67.9 Å². The number of hydrogen-bond acceptors (Lipinski definition) is 8. The molecule has 5 rings (SSSR count). The van der Waals surface area contributed by atoms with Crippen molar-refractivity contribution in [1.29, 1.82) is 0 Å². The van der Waals surface area contributed by atoms with Gasteiger partial charge in [0, 0.05) is 37.1 Å². The maximum absolute atomic E-state index is 11.0. The standard InChI is InChI=1S/C23H28N8O2/c24-22-27-23(26-17-7-5-16(6-8-17)21(32)33)28-31(22)18-9-10-25-20(14-18)30-13-3-4-19(30)15-29-11-1-2-12-29/h5-10,14,19H,1-4,11-13,15H2,(H,32,33)(H3,24,26,27,28). The SMILES string of the molecule is Nc1nc(Nc2ccc(C(=O)O)cc2)nn1-c1ccnc(N2CCCC2CN2CCCC2)c1. The van der Waals surface area contributed by atoms with E-state index in [-0.39, 0.29) is 11.5 Å². The zero-order valence-electron chi connectivity index (χ0n) is 18.4. The predicted octanol–water partition coefficient (Wildman–Crippen LogP) is 2.75. The minimum absolute atomic E-state index is 0.216. The maximum atomic E-state index is 11.0. The largest absolute Gasteiger partial charge is 0.478 e. The zero-order chi connectivity index (χ0) is 22.8. The first kappa shape index (κ1) is 21.2. The van der Waals surface area contributed by atoms with Gasteiger partial charge in [-0.2, -0.15) is 9.67 Å². The van der Waals surface area contributed by atoms with Crippen molar-refractivity contribution in [3.8, 4) is 5.69 Å². The first-order chi connectivity index (χ1) is 16.1. The quantitative estimate of drug-likeness (QED) is 0.500. The normalized spacial score (nSPS) is 18.7. The van der Waals surface area contributed by atoms with Gasteiger partial charge < -0.3 is 26.0 Å². The fourth-order valence-electron chi connectivity index (χ4n) is 4.68. The van der Waals surface area contributed by atoms with E-state index in [0.717, 1.165) is 24.6 Å². The maximum Gasteiger partial charge on any atom is 0.335 e. The molecule has 10 nitrogen and oxygen atoms in total. The van der Waals surface area contributed by atoms with Crippen molar-refractivity contribution < 1.29 is 9.90 Å². The van der Waals surface area contributed by atoms with Crippen LogP contribution in [0.1, 0.15) is 36.0 Å². The van der Waals surface area contributed by atoms with Crippen LogP contribution in [0.15, 0.2) is 42.6 Å². The van der Waals surface area contributed by atoms with Crippen molar-refractivity contribution in [1.82, 2.24) is 24.6 Å². The Morgan fingerprint density at radius 1 is 1.12 bits per heavy atom. The van der Waals surface area contributed by atoms with Crippen molar-refractivity contribution in [2.45, 2.75) is 31.7 Å². The Labute approximate surface area is 192 Å². The molecule has 3 aromatic rings. The van der Waals surface area contributed by atoms with E-state index in [4.69, 9.17) is 10.8 Å². The number of rotatable bonds is 7. The van der Waals surface area contributed by atoms with Crippen LogP contribution in [0.25, 0.3) is 5.69 Å². The second-order valence-electron chi connectivity index (χ2n) is 8.58. The molecule has 10 heteroatoms.